The lowest BCUT2D eigenvalue weighted by molar-refractivity contribution is 0.0759. The molecule has 2 aromatic heterocycles. The lowest BCUT2D eigenvalue weighted by Gasteiger charge is -2.20. The molecule has 1 amide bonds. The predicted molar refractivity (Wildman–Crippen MR) is 95.9 cm³/mol. The summed E-state index contributed by atoms with van der Waals surface area (Å²) in [6.45, 7) is 3.41. The molecule has 0 aliphatic carbocycles. The minimum atomic E-state index is -0.268. The van der Waals surface area contributed by atoms with Gasteiger partial charge in [-0.25, -0.2) is 4.98 Å². The van der Waals surface area contributed by atoms with Crippen molar-refractivity contribution < 1.29 is 4.79 Å². The van der Waals surface area contributed by atoms with E-state index in [0.717, 1.165) is 11.3 Å². The van der Waals surface area contributed by atoms with Gasteiger partial charge in [-0.1, -0.05) is 17.7 Å². The van der Waals surface area contributed by atoms with E-state index in [9.17, 15) is 14.9 Å². The van der Waals surface area contributed by atoms with E-state index in [1.807, 2.05) is 35.8 Å². The van der Waals surface area contributed by atoms with Crippen molar-refractivity contribution in [2.45, 2.75) is 19.9 Å². The van der Waals surface area contributed by atoms with Gasteiger partial charge in [-0.05, 0) is 19.1 Å². The minimum Gasteiger partial charge on any atom is -0.336 e. The zero-order valence-corrected chi connectivity index (χ0v) is 14.3. The summed E-state index contributed by atoms with van der Waals surface area (Å²) in [5.74, 6) is -0.0365. The molecule has 0 spiro atoms. The van der Waals surface area contributed by atoms with E-state index in [2.05, 4.69) is 16.0 Å². The number of carbonyl (C=O) groups is 1. The highest BCUT2D eigenvalue weighted by molar-refractivity contribution is 5.94. The first-order chi connectivity index (χ1) is 12.6. The second-order valence-corrected chi connectivity index (χ2v) is 6.42. The molecule has 4 rings (SSSR count). The molecule has 1 N–H and O–H groups in total. The molecule has 3 heterocycles. The molecule has 26 heavy (non-hydrogen) atoms. The molecule has 0 bridgehead atoms. The van der Waals surface area contributed by atoms with Gasteiger partial charge in [0, 0.05) is 37.3 Å². The summed E-state index contributed by atoms with van der Waals surface area (Å²) in [4.78, 5) is 33.6. The first kappa shape index (κ1) is 16.1. The van der Waals surface area contributed by atoms with Crippen LogP contribution in [0.25, 0.3) is 11.0 Å². The van der Waals surface area contributed by atoms with Crippen LogP contribution in [0.15, 0.2) is 35.4 Å². The first-order valence-electron chi connectivity index (χ1n) is 8.45. The average Bonchev–Trinajstić information content (AvgIpc) is 2.80. The van der Waals surface area contributed by atoms with Crippen molar-refractivity contribution in [2.75, 3.05) is 13.1 Å². The van der Waals surface area contributed by atoms with Crippen LogP contribution in [0, 0.1) is 18.3 Å². The van der Waals surface area contributed by atoms with E-state index in [-0.39, 0.29) is 11.5 Å². The van der Waals surface area contributed by atoms with Crippen molar-refractivity contribution in [3.63, 3.8) is 0 Å². The van der Waals surface area contributed by atoms with Gasteiger partial charge in [0.25, 0.3) is 11.5 Å². The smallest absolute Gasteiger partial charge is 0.275 e. The fourth-order valence-electron chi connectivity index (χ4n) is 3.51. The Labute approximate surface area is 149 Å². The van der Waals surface area contributed by atoms with Crippen LogP contribution >= 0.6 is 0 Å². The highest BCUT2D eigenvalue weighted by Crippen LogP contribution is 2.24. The lowest BCUT2D eigenvalue weighted by atomic mass is 10.1. The van der Waals surface area contributed by atoms with Crippen molar-refractivity contribution in [1.82, 2.24) is 19.4 Å². The molecule has 0 saturated heterocycles. The normalized spacial score (nSPS) is 13.9. The maximum Gasteiger partial charge on any atom is 0.275 e. The number of hydrogen-bond acceptors (Lipinski definition) is 4. The molecule has 0 atom stereocenters. The summed E-state index contributed by atoms with van der Waals surface area (Å²) >= 11 is 0. The van der Waals surface area contributed by atoms with Crippen molar-refractivity contribution in [3.05, 3.63) is 63.3 Å². The summed E-state index contributed by atoms with van der Waals surface area (Å²) in [6, 6.07) is 9.66. The number of aromatic nitrogens is 3. The van der Waals surface area contributed by atoms with E-state index in [1.54, 1.807) is 4.90 Å². The van der Waals surface area contributed by atoms with Crippen LogP contribution in [0.4, 0.5) is 0 Å². The van der Waals surface area contributed by atoms with Gasteiger partial charge in [-0.3, -0.25) is 9.59 Å². The number of nitrogens with zero attached hydrogens (tertiary/aromatic N) is 4. The third kappa shape index (κ3) is 2.47. The van der Waals surface area contributed by atoms with Gasteiger partial charge in [0.15, 0.2) is 0 Å². The summed E-state index contributed by atoms with van der Waals surface area (Å²) in [6.07, 6.45) is 1.83. The summed E-state index contributed by atoms with van der Waals surface area (Å²) in [5.41, 5.74) is 3.52. The van der Waals surface area contributed by atoms with Crippen molar-refractivity contribution in [2.24, 2.45) is 0 Å². The fraction of sp³-hybridized carbons (Fsp3) is 0.263. The van der Waals surface area contributed by atoms with E-state index < -0.39 is 0 Å². The Bertz CT molecular complexity index is 1100. The fourth-order valence-corrected chi connectivity index (χ4v) is 3.51. The average molecular weight is 347 g/mol. The van der Waals surface area contributed by atoms with Crippen LogP contribution in [-0.2, 0) is 13.0 Å². The van der Waals surface area contributed by atoms with Crippen molar-refractivity contribution in [1.29, 1.82) is 5.26 Å². The molecule has 130 valence electrons. The van der Waals surface area contributed by atoms with Crippen molar-refractivity contribution in [3.8, 4) is 6.07 Å². The molecular weight excluding hydrogens is 330 g/mol. The van der Waals surface area contributed by atoms with E-state index in [0.29, 0.717) is 48.2 Å². The number of benzene rings is 1. The van der Waals surface area contributed by atoms with Gasteiger partial charge in [0.05, 0.1) is 11.9 Å². The van der Waals surface area contributed by atoms with Crippen LogP contribution in [0.1, 0.15) is 27.2 Å². The first-order valence-corrected chi connectivity index (χ1v) is 8.45. The van der Waals surface area contributed by atoms with Crippen LogP contribution in [-0.4, -0.2) is 38.4 Å². The number of H-pyrrole nitrogens is 1. The molecule has 7 nitrogen and oxygen atoms in total. The maximum atomic E-state index is 12.8. The monoisotopic (exact) mass is 347 g/mol. The summed E-state index contributed by atoms with van der Waals surface area (Å²) in [7, 11) is 0. The number of carbonyl (C=O) groups excluding carboxylic acids is 1. The Balaban J connectivity index is 1.70. The third-order valence-electron chi connectivity index (χ3n) is 4.86. The minimum absolute atomic E-state index is 0.0365. The highest BCUT2D eigenvalue weighted by Gasteiger charge is 2.26. The van der Waals surface area contributed by atoms with E-state index >= 15 is 0 Å². The topological polar surface area (TPSA) is 94.8 Å². The summed E-state index contributed by atoms with van der Waals surface area (Å²) in [5, 5.41) is 9.55. The molecule has 1 aliphatic heterocycles. The van der Waals surface area contributed by atoms with E-state index in [4.69, 9.17) is 0 Å². The molecular formula is C19H17N5O2. The molecule has 1 aliphatic rings. The Kier molecular flexibility index (Phi) is 3.81. The highest BCUT2D eigenvalue weighted by atomic mass is 16.2. The Hall–Kier alpha value is -3.40. The van der Waals surface area contributed by atoms with Gasteiger partial charge in [-0.15, -0.1) is 0 Å². The molecule has 0 saturated carbocycles. The van der Waals surface area contributed by atoms with Crippen molar-refractivity contribution >= 4 is 16.9 Å². The maximum absolute atomic E-state index is 12.8. The number of aryl methyl sites for hydroxylation is 1. The third-order valence-corrected chi connectivity index (χ3v) is 4.86. The zero-order chi connectivity index (χ0) is 18.3. The summed E-state index contributed by atoms with van der Waals surface area (Å²) < 4.78 is 1.84. The Morgan fingerprint density at radius 3 is 2.73 bits per heavy atom. The van der Waals surface area contributed by atoms with Gasteiger partial charge in [0.2, 0.25) is 0 Å². The number of amides is 1. The van der Waals surface area contributed by atoms with Gasteiger partial charge >= 0.3 is 0 Å². The van der Waals surface area contributed by atoms with Crippen LogP contribution in [0.5, 0.6) is 0 Å². The molecule has 0 unspecified atom stereocenters. The number of nitriles is 1. The Morgan fingerprint density at radius 2 is 2.00 bits per heavy atom. The van der Waals surface area contributed by atoms with Gasteiger partial charge < -0.3 is 14.5 Å². The van der Waals surface area contributed by atoms with Crippen LogP contribution in [0.3, 0.4) is 0 Å². The molecule has 1 aromatic carbocycles. The largest absolute Gasteiger partial charge is 0.336 e. The Morgan fingerprint density at radius 1 is 1.23 bits per heavy atom. The van der Waals surface area contributed by atoms with Gasteiger partial charge in [0.1, 0.15) is 17.1 Å². The number of nitrogens with one attached hydrogen (secondary N) is 1. The quantitative estimate of drug-likeness (QED) is 0.723. The SMILES string of the molecule is Cc1ccc(C(=O)N2CCc3c(C#N)c4nc[nH]c(=O)c4n3CC2)cc1. The van der Waals surface area contributed by atoms with E-state index in [1.165, 1.54) is 6.33 Å². The molecule has 0 radical (unpaired) electrons. The lowest BCUT2D eigenvalue weighted by Crippen LogP contribution is -2.33. The number of hydrogen-bond donors (Lipinski definition) is 1. The van der Waals surface area contributed by atoms with Gasteiger partial charge in [-0.2, -0.15) is 5.26 Å². The number of fused-ring (bicyclic) bond motifs is 3. The van der Waals surface area contributed by atoms with Crippen LogP contribution < -0.4 is 5.56 Å². The number of aromatic amines is 1. The second kappa shape index (κ2) is 6.15. The zero-order valence-electron chi connectivity index (χ0n) is 14.3. The molecule has 0 fully saturated rings. The molecule has 7 heteroatoms. The second-order valence-electron chi connectivity index (χ2n) is 6.42. The van der Waals surface area contributed by atoms with Crippen LogP contribution in [0.2, 0.25) is 0 Å². The predicted octanol–water partition coefficient (Wildman–Crippen LogP) is 1.60. The molecule has 3 aromatic rings. The number of rotatable bonds is 1. The standard InChI is InChI=1S/C19H17N5O2/c1-12-2-4-13(5-3-12)19(26)23-7-6-15-14(10-20)16-17(24(15)9-8-23)18(25)22-11-21-16/h2-5,11H,6-9H2,1H3,(H,21,22,25).